The van der Waals surface area contributed by atoms with Gasteiger partial charge in [-0.1, -0.05) is 12.1 Å². The zero-order valence-electron chi connectivity index (χ0n) is 17.5. The summed E-state index contributed by atoms with van der Waals surface area (Å²) in [7, 11) is 2.00. The summed E-state index contributed by atoms with van der Waals surface area (Å²) < 4.78 is 3.77. The molecule has 0 spiro atoms. The number of carbonyl (C=O) groups excluding carboxylic acids is 1. The number of hydrogen-bond acceptors (Lipinski definition) is 4. The summed E-state index contributed by atoms with van der Waals surface area (Å²) in [5.74, 6) is 1.28. The molecule has 9 heteroatoms. The van der Waals surface area contributed by atoms with E-state index in [0.29, 0.717) is 12.5 Å². The van der Waals surface area contributed by atoms with Crippen molar-refractivity contribution in [3.8, 4) is 0 Å². The zero-order valence-corrected chi connectivity index (χ0v) is 19.1. The first kappa shape index (κ1) is 23.3. The zero-order chi connectivity index (χ0) is 20.1. The highest BCUT2D eigenvalue weighted by atomic mass is 35.5. The number of imidazole rings is 1. The predicted molar refractivity (Wildman–Crippen MR) is 125 cm³/mol. The molecule has 0 saturated carbocycles. The van der Waals surface area contributed by atoms with Gasteiger partial charge in [0.05, 0.1) is 11.0 Å². The molecule has 2 aliphatic rings. The van der Waals surface area contributed by atoms with Crippen molar-refractivity contribution in [3.63, 3.8) is 0 Å². The van der Waals surface area contributed by atoms with Gasteiger partial charge in [-0.25, -0.2) is 4.98 Å². The number of pyridine rings is 1. The second-order valence-electron chi connectivity index (χ2n) is 8.21. The smallest absolute Gasteiger partial charge is 0.251 e. The number of halogens is 2. The maximum atomic E-state index is 13.2. The first-order valence-corrected chi connectivity index (χ1v) is 10.1. The first-order chi connectivity index (χ1) is 14.0. The molecule has 1 amide bonds. The number of benzene rings is 1. The highest BCUT2D eigenvalue weighted by Gasteiger charge is 2.41. The van der Waals surface area contributed by atoms with Crippen LogP contribution in [0, 0.1) is 12.8 Å². The van der Waals surface area contributed by atoms with E-state index in [-0.39, 0.29) is 42.2 Å². The van der Waals surface area contributed by atoms with E-state index in [1.165, 1.54) is 0 Å². The fraction of sp³-hybridized carbons (Fsp3) is 0.409. The van der Waals surface area contributed by atoms with Gasteiger partial charge in [0.15, 0.2) is 0 Å². The lowest BCUT2D eigenvalue weighted by molar-refractivity contribution is -0.127. The number of hydrogen-bond donors (Lipinski definition) is 2. The number of carbonyl (C=O) groups is 1. The Hall–Kier alpha value is -2.35. The van der Waals surface area contributed by atoms with E-state index in [0.717, 1.165) is 47.6 Å². The summed E-state index contributed by atoms with van der Waals surface area (Å²) >= 11 is 0. The van der Waals surface area contributed by atoms with Crippen molar-refractivity contribution in [1.82, 2.24) is 24.8 Å². The van der Waals surface area contributed by atoms with Crippen LogP contribution in [0.4, 0.5) is 0 Å². The molecule has 0 radical (unpaired) electrons. The lowest BCUT2D eigenvalue weighted by Crippen LogP contribution is -2.52. The highest BCUT2D eigenvalue weighted by molar-refractivity contribution is 5.85. The molecule has 3 aromatic rings. The number of rotatable bonds is 3. The Labute approximate surface area is 193 Å². The number of fused-ring (bicyclic) bond motifs is 5. The SMILES string of the molecule is Cc1nc2cc(CNC(=O)[C@H]3[C@@H]4CNC[C@@H](C4)c4cccc(=O)n43)ccc2n1C.Cl.Cl. The third kappa shape index (κ3) is 3.97. The molecule has 1 aromatic carbocycles. The van der Waals surface area contributed by atoms with Crippen LogP contribution in [0.15, 0.2) is 41.2 Å². The van der Waals surface area contributed by atoms with Crippen molar-refractivity contribution in [3.05, 3.63) is 63.8 Å². The lowest BCUT2D eigenvalue weighted by atomic mass is 9.79. The Bertz CT molecular complexity index is 1170. The Morgan fingerprint density at radius 3 is 2.84 bits per heavy atom. The minimum absolute atomic E-state index is 0. The summed E-state index contributed by atoms with van der Waals surface area (Å²) in [6.07, 6.45) is 0.938. The monoisotopic (exact) mass is 463 g/mol. The van der Waals surface area contributed by atoms with Crippen LogP contribution in [0.25, 0.3) is 11.0 Å². The topological polar surface area (TPSA) is 81.0 Å². The molecule has 2 aliphatic heterocycles. The maximum Gasteiger partial charge on any atom is 0.251 e. The Morgan fingerprint density at radius 2 is 2.03 bits per heavy atom. The van der Waals surface area contributed by atoms with Crippen LogP contribution in [0.5, 0.6) is 0 Å². The van der Waals surface area contributed by atoms with Crippen LogP contribution in [-0.2, 0) is 18.4 Å². The number of aryl methyl sites for hydroxylation is 2. The van der Waals surface area contributed by atoms with E-state index in [1.807, 2.05) is 38.2 Å². The van der Waals surface area contributed by atoms with E-state index in [9.17, 15) is 9.59 Å². The molecule has 2 N–H and O–H groups in total. The number of nitrogens with zero attached hydrogens (tertiary/aromatic N) is 3. The van der Waals surface area contributed by atoms with Crippen LogP contribution >= 0.6 is 24.8 Å². The summed E-state index contributed by atoms with van der Waals surface area (Å²) in [6.45, 7) is 4.01. The van der Waals surface area contributed by atoms with Gasteiger partial charge in [0.1, 0.15) is 11.9 Å². The summed E-state index contributed by atoms with van der Waals surface area (Å²) in [4.78, 5) is 30.4. The van der Waals surface area contributed by atoms with Crippen LogP contribution in [0.2, 0.25) is 0 Å². The van der Waals surface area contributed by atoms with Crippen molar-refractivity contribution >= 4 is 41.8 Å². The number of amides is 1. The number of nitrogens with one attached hydrogen (secondary N) is 2. The Kier molecular flexibility index (Phi) is 6.79. The van der Waals surface area contributed by atoms with Crippen molar-refractivity contribution in [2.75, 3.05) is 13.1 Å². The minimum Gasteiger partial charge on any atom is -0.350 e. The minimum atomic E-state index is -0.469. The molecule has 2 bridgehead atoms. The van der Waals surface area contributed by atoms with Gasteiger partial charge in [0.25, 0.3) is 5.56 Å². The molecule has 0 aliphatic carbocycles. The Balaban J connectivity index is 0.00000136. The quantitative estimate of drug-likeness (QED) is 0.624. The van der Waals surface area contributed by atoms with Crippen LogP contribution in [0.3, 0.4) is 0 Å². The first-order valence-electron chi connectivity index (χ1n) is 10.1. The van der Waals surface area contributed by atoms with Gasteiger partial charge in [-0.2, -0.15) is 0 Å². The normalized spacial score (nSPS) is 21.5. The third-order valence-electron chi connectivity index (χ3n) is 6.45. The van der Waals surface area contributed by atoms with E-state index in [4.69, 9.17) is 0 Å². The van der Waals surface area contributed by atoms with E-state index in [2.05, 4.69) is 20.2 Å². The fourth-order valence-electron chi connectivity index (χ4n) is 4.90. The van der Waals surface area contributed by atoms with Crippen molar-refractivity contribution in [2.45, 2.75) is 31.8 Å². The van der Waals surface area contributed by atoms with Gasteiger partial charge in [0, 0.05) is 50.3 Å². The summed E-state index contributed by atoms with van der Waals surface area (Å²) in [5, 5.41) is 6.49. The molecule has 0 unspecified atom stereocenters. The van der Waals surface area contributed by atoms with E-state index in [1.54, 1.807) is 16.7 Å². The summed E-state index contributed by atoms with van der Waals surface area (Å²) in [6, 6.07) is 10.9. The van der Waals surface area contributed by atoms with Crippen LogP contribution < -0.4 is 16.2 Å². The average molecular weight is 464 g/mol. The average Bonchev–Trinajstić information content (AvgIpc) is 3.00. The molecule has 1 fully saturated rings. The highest BCUT2D eigenvalue weighted by Crippen LogP contribution is 2.38. The number of aromatic nitrogens is 3. The van der Waals surface area contributed by atoms with Crippen LogP contribution in [-0.4, -0.2) is 33.1 Å². The van der Waals surface area contributed by atoms with E-state index >= 15 is 0 Å². The van der Waals surface area contributed by atoms with Gasteiger partial charge >= 0.3 is 0 Å². The lowest BCUT2D eigenvalue weighted by Gasteiger charge is -2.42. The molecule has 31 heavy (non-hydrogen) atoms. The van der Waals surface area contributed by atoms with Crippen LogP contribution in [0.1, 0.15) is 35.5 Å². The maximum absolute atomic E-state index is 13.2. The summed E-state index contributed by atoms with van der Waals surface area (Å²) in [5.41, 5.74) is 3.87. The molecule has 4 heterocycles. The van der Waals surface area contributed by atoms with Gasteiger partial charge in [0.2, 0.25) is 5.91 Å². The molecule has 7 nitrogen and oxygen atoms in total. The standard InChI is InChI=1S/C22H25N5O2.2ClH/c1-13-25-17-8-14(6-7-19(17)26(13)2)10-24-22(29)21-16-9-15(11-23-12-16)18-4-3-5-20(28)27(18)21;;/h3-8,15-16,21,23H,9-12H2,1-2H3,(H,24,29);2*1H/t15-,16+,21-;;/m1../s1. The predicted octanol–water partition coefficient (Wildman–Crippen LogP) is 2.45. The molecule has 3 atom stereocenters. The molecule has 1 saturated heterocycles. The van der Waals surface area contributed by atoms with Gasteiger partial charge in [-0.05, 0) is 37.1 Å². The van der Waals surface area contributed by atoms with Gasteiger partial charge < -0.3 is 15.2 Å². The molecular formula is C22H27Cl2N5O2. The second kappa shape index (κ2) is 9.02. The molecule has 5 rings (SSSR count). The van der Waals surface area contributed by atoms with Gasteiger partial charge in [-0.15, -0.1) is 24.8 Å². The number of piperidine rings is 1. The molecule has 2 aromatic heterocycles. The van der Waals surface area contributed by atoms with E-state index < -0.39 is 6.04 Å². The van der Waals surface area contributed by atoms with Crippen molar-refractivity contribution < 1.29 is 4.79 Å². The second-order valence-corrected chi connectivity index (χ2v) is 8.21. The largest absolute Gasteiger partial charge is 0.350 e. The molecular weight excluding hydrogens is 437 g/mol. The van der Waals surface area contributed by atoms with Crippen molar-refractivity contribution in [2.24, 2.45) is 13.0 Å². The third-order valence-corrected chi connectivity index (χ3v) is 6.45. The van der Waals surface area contributed by atoms with Crippen molar-refractivity contribution in [1.29, 1.82) is 0 Å². The molecule has 166 valence electrons. The Morgan fingerprint density at radius 1 is 1.23 bits per heavy atom. The van der Waals surface area contributed by atoms with Gasteiger partial charge in [-0.3, -0.25) is 14.2 Å². The fourth-order valence-corrected chi connectivity index (χ4v) is 4.90.